The summed E-state index contributed by atoms with van der Waals surface area (Å²) in [7, 11) is 7.23. The van der Waals surface area contributed by atoms with Gasteiger partial charge in [0.25, 0.3) is 0 Å². The molecule has 2 saturated carbocycles. The molecule has 0 heterocycles. The SMILES string of the molecule is COC[C@@]12C=CC(OC)C1C1C=CC2C1.COC[C@]12C=CC(OC)C1C1C=CC2C1. The molecule has 0 aliphatic heterocycles. The Morgan fingerprint density at radius 3 is 1.43 bits per heavy atom. The number of allylic oxidation sites excluding steroid dienone is 4. The van der Waals surface area contributed by atoms with Crippen molar-refractivity contribution in [2.45, 2.75) is 25.0 Å². The van der Waals surface area contributed by atoms with E-state index in [-0.39, 0.29) is 10.8 Å². The summed E-state index contributed by atoms with van der Waals surface area (Å²) in [5, 5.41) is 0. The number of rotatable bonds is 6. The number of methoxy groups -OCH3 is 4. The summed E-state index contributed by atoms with van der Waals surface area (Å²) in [5.41, 5.74) is 0.462. The summed E-state index contributed by atoms with van der Waals surface area (Å²) < 4.78 is 22.0. The quantitative estimate of drug-likeness (QED) is 0.617. The van der Waals surface area contributed by atoms with Crippen molar-refractivity contribution in [3.05, 3.63) is 48.6 Å². The van der Waals surface area contributed by atoms with Gasteiger partial charge < -0.3 is 18.9 Å². The third-order valence-electron chi connectivity index (χ3n) is 9.01. The van der Waals surface area contributed by atoms with E-state index < -0.39 is 0 Å². The number of ether oxygens (including phenoxy) is 4. The smallest absolute Gasteiger partial charge is 0.0795 e. The van der Waals surface area contributed by atoms with Crippen molar-refractivity contribution in [2.75, 3.05) is 41.7 Å². The molecule has 0 amide bonds. The van der Waals surface area contributed by atoms with Gasteiger partial charge in [0, 0.05) is 51.1 Å². The lowest BCUT2D eigenvalue weighted by atomic mass is 9.70. The maximum absolute atomic E-state index is 5.57. The molecule has 30 heavy (non-hydrogen) atoms. The lowest BCUT2D eigenvalue weighted by molar-refractivity contribution is 0.00539. The third kappa shape index (κ3) is 2.73. The van der Waals surface area contributed by atoms with Crippen LogP contribution in [0, 0.1) is 46.3 Å². The molecular formula is C26H36O4. The second-order valence-corrected chi connectivity index (χ2v) is 10.0. The van der Waals surface area contributed by atoms with Crippen LogP contribution in [0.5, 0.6) is 0 Å². The first-order chi connectivity index (χ1) is 14.6. The maximum atomic E-state index is 5.57. The molecule has 10 atom stereocenters. The Balaban J connectivity index is 0.000000128. The molecule has 0 saturated heterocycles. The highest BCUT2D eigenvalue weighted by molar-refractivity contribution is 5.32. The van der Waals surface area contributed by atoms with Crippen LogP contribution in [0.1, 0.15) is 12.8 Å². The minimum absolute atomic E-state index is 0.231. The Morgan fingerprint density at radius 2 is 1.07 bits per heavy atom. The van der Waals surface area contributed by atoms with Crippen LogP contribution in [0.3, 0.4) is 0 Å². The van der Waals surface area contributed by atoms with E-state index in [9.17, 15) is 0 Å². The summed E-state index contributed by atoms with van der Waals surface area (Å²) in [6, 6.07) is 0. The molecule has 0 N–H and O–H groups in total. The zero-order valence-corrected chi connectivity index (χ0v) is 18.7. The zero-order chi connectivity index (χ0) is 20.9. The normalized spacial score (nSPS) is 50.3. The third-order valence-corrected chi connectivity index (χ3v) is 9.01. The predicted molar refractivity (Wildman–Crippen MR) is 117 cm³/mol. The van der Waals surface area contributed by atoms with Gasteiger partial charge in [-0.1, -0.05) is 48.6 Å². The van der Waals surface area contributed by atoms with Crippen LogP contribution >= 0.6 is 0 Å². The Hall–Kier alpha value is -1.20. The molecule has 0 radical (unpaired) electrons. The Morgan fingerprint density at radius 1 is 0.633 bits per heavy atom. The standard InChI is InChI=1S/2C13H18O2/c2*1-14-8-13-6-5-11(15-2)12(13)9-3-4-10(13)7-9/h2*3-6,9-12H,7-8H2,1-2H3/t2*9?,10?,11?,12?,13-/m10/s1. The fourth-order valence-corrected chi connectivity index (χ4v) is 7.88. The van der Waals surface area contributed by atoms with Crippen molar-refractivity contribution >= 4 is 0 Å². The van der Waals surface area contributed by atoms with E-state index in [1.54, 1.807) is 14.2 Å². The van der Waals surface area contributed by atoms with E-state index in [4.69, 9.17) is 18.9 Å². The summed E-state index contributed by atoms with van der Waals surface area (Å²) >= 11 is 0. The molecule has 2 fully saturated rings. The summed E-state index contributed by atoms with van der Waals surface area (Å²) in [6.07, 6.45) is 21.8. The first-order valence-electron chi connectivity index (χ1n) is 11.4. The number of fused-ring (bicyclic) bond motifs is 10. The van der Waals surface area contributed by atoms with Crippen LogP contribution in [0.4, 0.5) is 0 Å². The molecule has 0 spiro atoms. The summed E-state index contributed by atoms with van der Waals surface area (Å²) in [4.78, 5) is 0. The minimum Gasteiger partial charge on any atom is -0.384 e. The molecule has 4 nitrogen and oxygen atoms in total. The number of hydrogen-bond donors (Lipinski definition) is 0. The fourth-order valence-electron chi connectivity index (χ4n) is 7.88. The zero-order valence-electron chi connectivity index (χ0n) is 18.7. The van der Waals surface area contributed by atoms with Gasteiger partial charge in [-0.25, -0.2) is 0 Å². The van der Waals surface area contributed by atoms with E-state index >= 15 is 0 Å². The summed E-state index contributed by atoms with van der Waals surface area (Å²) in [5.74, 6) is 3.96. The van der Waals surface area contributed by atoms with Crippen molar-refractivity contribution in [1.82, 2.24) is 0 Å². The Bertz CT molecular complexity index is 705. The van der Waals surface area contributed by atoms with E-state index in [2.05, 4.69) is 48.6 Å². The minimum atomic E-state index is 0.231. The average Bonchev–Trinajstić information content (AvgIpc) is 3.56. The summed E-state index contributed by atoms with van der Waals surface area (Å²) in [6.45, 7) is 1.67. The molecule has 8 unspecified atom stereocenters. The van der Waals surface area contributed by atoms with Gasteiger partial charge in [-0.15, -0.1) is 0 Å². The van der Waals surface area contributed by atoms with Gasteiger partial charge in [0.05, 0.1) is 25.4 Å². The topological polar surface area (TPSA) is 36.9 Å². The van der Waals surface area contributed by atoms with Crippen LogP contribution in [-0.2, 0) is 18.9 Å². The molecule has 0 aromatic carbocycles. The molecule has 164 valence electrons. The van der Waals surface area contributed by atoms with Crippen LogP contribution in [-0.4, -0.2) is 53.9 Å². The lowest BCUT2D eigenvalue weighted by Crippen LogP contribution is -2.39. The highest BCUT2D eigenvalue weighted by atomic mass is 16.5. The molecule has 0 aromatic rings. The van der Waals surface area contributed by atoms with Gasteiger partial charge >= 0.3 is 0 Å². The maximum Gasteiger partial charge on any atom is 0.0795 e. The molecular weight excluding hydrogens is 376 g/mol. The first-order valence-corrected chi connectivity index (χ1v) is 11.4. The van der Waals surface area contributed by atoms with Gasteiger partial charge in [0.1, 0.15) is 0 Å². The van der Waals surface area contributed by atoms with E-state index in [0.717, 1.165) is 13.2 Å². The first kappa shape index (κ1) is 20.7. The van der Waals surface area contributed by atoms with Crippen LogP contribution < -0.4 is 0 Å². The molecule has 6 aliphatic rings. The van der Waals surface area contributed by atoms with Gasteiger partial charge in [-0.05, 0) is 36.5 Å². The molecule has 4 heteroatoms. The van der Waals surface area contributed by atoms with Crippen molar-refractivity contribution in [3.8, 4) is 0 Å². The van der Waals surface area contributed by atoms with Crippen LogP contribution in [0.2, 0.25) is 0 Å². The van der Waals surface area contributed by atoms with E-state index in [1.165, 1.54) is 12.8 Å². The van der Waals surface area contributed by atoms with Crippen LogP contribution in [0.15, 0.2) is 48.6 Å². The van der Waals surface area contributed by atoms with Gasteiger partial charge in [0.2, 0.25) is 0 Å². The van der Waals surface area contributed by atoms with Crippen molar-refractivity contribution < 1.29 is 18.9 Å². The largest absolute Gasteiger partial charge is 0.384 e. The predicted octanol–water partition coefficient (Wildman–Crippen LogP) is 4.05. The fraction of sp³-hybridized carbons (Fsp3) is 0.692. The van der Waals surface area contributed by atoms with E-state index in [1.807, 2.05) is 14.2 Å². The Labute approximate surface area is 181 Å². The highest BCUT2D eigenvalue weighted by Gasteiger charge is 2.60. The van der Waals surface area contributed by atoms with E-state index in [0.29, 0.717) is 47.7 Å². The van der Waals surface area contributed by atoms with Gasteiger partial charge in [-0.2, -0.15) is 0 Å². The Kier molecular flexibility index (Phi) is 5.34. The van der Waals surface area contributed by atoms with Crippen molar-refractivity contribution in [2.24, 2.45) is 46.3 Å². The average molecular weight is 413 g/mol. The molecule has 0 aromatic heterocycles. The van der Waals surface area contributed by atoms with Gasteiger partial charge in [-0.3, -0.25) is 0 Å². The molecule has 6 rings (SSSR count). The number of hydrogen-bond acceptors (Lipinski definition) is 4. The van der Waals surface area contributed by atoms with Gasteiger partial charge in [0.15, 0.2) is 0 Å². The second-order valence-electron chi connectivity index (χ2n) is 10.0. The highest BCUT2D eigenvalue weighted by Crippen LogP contribution is 2.62. The molecule has 6 aliphatic carbocycles. The van der Waals surface area contributed by atoms with Crippen molar-refractivity contribution in [3.63, 3.8) is 0 Å². The van der Waals surface area contributed by atoms with Crippen molar-refractivity contribution in [1.29, 1.82) is 0 Å². The molecule has 4 bridgehead atoms. The second kappa shape index (κ2) is 7.74. The lowest BCUT2D eigenvalue weighted by Gasteiger charge is -2.37. The monoisotopic (exact) mass is 412 g/mol. The van der Waals surface area contributed by atoms with Crippen LogP contribution in [0.25, 0.3) is 0 Å².